The van der Waals surface area contributed by atoms with Gasteiger partial charge in [0.2, 0.25) is 15.9 Å². The summed E-state index contributed by atoms with van der Waals surface area (Å²) in [6.07, 6.45) is 1.09. The van der Waals surface area contributed by atoms with E-state index in [-0.39, 0.29) is 19.7 Å². The maximum absolute atomic E-state index is 12.3. The normalized spacial score (nSPS) is 11.0. The molecule has 0 fully saturated rings. The molecule has 0 spiro atoms. The van der Waals surface area contributed by atoms with Crippen molar-refractivity contribution in [3.05, 3.63) is 53.6 Å². The van der Waals surface area contributed by atoms with Crippen LogP contribution in [-0.4, -0.2) is 47.4 Å². The fourth-order valence-electron chi connectivity index (χ4n) is 2.66. The molecule has 0 heterocycles. The van der Waals surface area contributed by atoms with E-state index in [1.807, 2.05) is 32.0 Å². The van der Waals surface area contributed by atoms with E-state index in [0.29, 0.717) is 17.2 Å². The second-order valence-electron chi connectivity index (χ2n) is 6.34. The van der Waals surface area contributed by atoms with Crippen LogP contribution < -0.4 is 19.1 Å². The monoisotopic (exact) mass is 406 g/mol. The molecule has 0 saturated carbocycles. The quantitative estimate of drug-likeness (QED) is 0.646. The zero-order valence-electron chi connectivity index (χ0n) is 16.6. The van der Waals surface area contributed by atoms with E-state index in [2.05, 4.69) is 5.32 Å². The third-order valence-electron chi connectivity index (χ3n) is 4.28. The number of carbonyl (C=O) groups is 1. The topological polar surface area (TPSA) is 84.9 Å². The molecular weight excluding hydrogens is 380 g/mol. The smallest absolute Gasteiger partial charge is 0.240 e. The first-order chi connectivity index (χ1) is 13.2. The highest BCUT2D eigenvalue weighted by molar-refractivity contribution is 7.92. The Kier molecular flexibility index (Phi) is 7.28. The van der Waals surface area contributed by atoms with Crippen molar-refractivity contribution in [3.8, 4) is 11.5 Å². The Balaban J connectivity index is 1.96. The van der Waals surface area contributed by atoms with Gasteiger partial charge in [-0.2, -0.15) is 0 Å². The molecule has 0 aromatic heterocycles. The number of para-hydroxylation sites is 2. The summed E-state index contributed by atoms with van der Waals surface area (Å²) in [5.74, 6) is 0.773. The Morgan fingerprint density at radius 2 is 1.75 bits per heavy atom. The van der Waals surface area contributed by atoms with Crippen LogP contribution in [-0.2, 0) is 14.8 Å². The van der Waals surface area contributed by atoms with Gasteiger partial charge in [-0.3, -0.25) is 9.10 Å². The average molecular weight is 407 g/mol. The van der Waals surface area contributed by atoms with Crippen LogP contribution in [0.2, 0.25) is 0 Å². The van der Waals surface area contributed by atoms with Crippen molar-refractivity contribution in [2.45, 2.75) is 13.8 Å². The van der Waals surface area contributed by atoms with Gasteiger partial charge in [0, 0.05) is 0 Å². The predicted octanol–water partition coefficient (Wildman–Crippen LogP) is 2.27. The van der Waals surface area contributed by atoms with Crippen LogP contribution in [0.4, 0.5) is 5.69 Å². The third kappa shape index (κ3) is 5.63. The molecule has 0 aliphatic carbocycles. The van der Waals surface area contributed by atoms with Crippen LogP contribution in [0, 0.1) is 13.8 Å². The minimum Gasteiger partial charge on any atom is -0.493 e. The first kappa shape index (κ1) is 21.6. The largest absolute Gasteiger partial charge is 0.493 e. The van der Waals surface area contributed by atoms with E-state index < -0.39 is 15.9 Å². The van der Waals surface area contributed by atoms with Crippen molar-refractivity contribution in [1.29, 1.82) is 0 Å². The van der Waals surface area contributed by atoms with Crippen molar-refractivity contribution in [2.24, 2.45) is 0 Å². The Morgan fingerprint density at radius 3 is 2.39 bits per heavy atom. The molecule has 2 aromatic carbocycles. The number of sulfonamides is 1. The maximum atomic E-state index is 12.3. The lowest BCUT2D eigenvalue weighted by molar-refractivity contribution is -0.119. The molecule has 28 heavy (non-hydrogen) atoms. The SMILES string of the molecule is COc1ccccc1OCCNC(=O)CN(c1cccc(C)c1C)S(C)(=O)=O. The number of hydrogen-bond acceptors (Lipinski definition) is 5. The van der Waals surface area contributed by atoms with Gasteiger partial charge in [0.25, 0.3) is 0 Å². The number of rotatable bonds is 9. The molecule has 2 aromatic rings. The zero-order chi connectivity index (χ0) is 20.7. The van der Waals surface area contributed by atoms with E-state index in [1.54, 1.807) is 31.4 Å². The molecule has 1 N–H and O–H groups in total. The molecule has 0 saturated heterocycles. The lowest BCUT2D eigenvalue weighted by Crippen LogP contribution is -2.41. The summed E-state index contributed by atoms with van der Waals surface area (Å²) >= 11 is 0. The number of anilines is 1. The minimum absolute atomic E-state index is 0.231. The van der Waals surface area contributed by atoms with Gasteiger partial charge in [0.15, 0.2) is 11.5 Å². The van der Waals surface area contributed by atoms with E-state index in [1.165, 1.54) is 0 Å². The van der Waals surface area contributed by atoms with Gasteiger partial charge >= 0.3 is 0 Å². The number of ether oxygens (including phenoxy) is 2. The van der Waals surface area contributed by atoms with Crippen molar-refractivity contribution in [1.82, 2.24) is 5.32 Å². The summed E-state index contributed by atoms with van der Waals surface area (Å²) in [6, 6.07) is 12.6. The molecular formula is C20H26N2O5S. The number of nitrogens with one attached hydrogen (secondary N) is 1. The number of hydrogen-bond donors (Lipinski definition) is 1. The van der Waals surface area contributed by atoms with E-state index in [0.717, 1.165) is 21.7 Å². The molecule has 8 heteroatoms. The molecule has 0 aliphatic rings. The zero-order valence-corrected chi connectivity index (χ0v) is 17.4. The number of benzene rings is 2. The molecule has 7 nitrogen and oxygen atoms in total. The van der Waals surface area contributed by atoms with E-state index in [9.17, 15) is 13.2 Å². The second kappa shape index (κ2) is 9.45. The van der Waals surface area contributed by atoms with E-state index in [4.69, 9.17) is 9.47 Å². The summed E-state index contributed by atoms with van der Waals surface area (Å²) in [5.41, 5.74) is 2.28. The highest BCUT2D eigenvalue weighted by atomic mass is 32.2. The Hall–Kier alpha value is -2.74. The lowest BCUT2D eigenvalue weighted by Gasteiger charge is -2.24. The highest BCUT2D eigenvalue weighted by Crippen LogP contribution is 2.26. The van der Waals surface area contributed by atoms with Crippen LogP contribution in [0.25, 0.3) is 0 Å². The first-order valence-electron chi connectivity index (χ1n) is 8.80. The number of nitrogens with zero attached hydrogens (tertiary/aromatic N) is 1. The lowest BCUT2D eigenvalue weighted by atomic mass is 10.1. The van der Waals surface area contributed by atoms with Crippen molar-refractivity contribution in [2.75, 3.05) is 37.4 Å². The average Bonchev–Trinajstić information content (AvgIpc) is 2.65. The summed E-state index contributed by atoms with van der Waals surface area (Å²) < 4.78 is 36.4. The Morgan fingerprint density at radius 1 is 1.07 bits per heavy atom. The molecule has 152 valence electrons. The summed E-state index contributed by atoms with van der Waals surface area (Å²) in [4.78, 5) is 12.3. The Bertz CT molecular complexity index is 928. The van der Waals surface area contributed by atoms with Crippen molar-refractivity contribution < 1.29 is 22.7 Å². The number of methoxy groups -OCH3 is 1. The fourth-order valence-corrected chi connectivity index (χ4v) is 3.57. The molecule has 2 rings (SSSR count). The van der Waals surface area contributed by atoms with Crippen LogP contribution >= 0.6 is 0 Å². The number of carbonyl (C=O) groups excluding carboxylic acids is 1. The summed E-state index contributed by atoms with van der Waals surface area (Å²) in [5, 5.41) is 2.69. The summed E-state index contributed by atoms with van der Waals surface area (Å²) in [6.45, 7) is 3.91. The standard InChI is InChI=1S/C20H26N2O5S/c1-15-8-7-9-17(16(15)2)22(28(4,24)25)14-20(23)21-12-13-27-19-11-6-5-10-18(19)26-3/h5-11H,12-14H2,1-4H3,(H,21,23). The van der Waals surface area contributed by atoms with Gasteiger partial charge in [0.1, 0.15) is 13.2 Å². The molecule has 1 amide bonds. The highest BCUT2D eigenvalue weighted by Gasteiger charge is 2.22. The number of amides is 1. The maximum Gasteiger partial charge on any atom is 0.240 e. The van der Waals surface area contributed by atoms with Crippen molar-refractivity contribution >= 4 is 21.6 Å². The van der Waals surface area contributed by atoms with Crippen LogP contribution in [0.15, 0.2) is 42.5 Å². The van der Waals surface area contributed by atoms with Crippen LogP contribution in [0.3, 0.4) is 0 Å². The third-order valence-corrected chi connectivity index (χ3v) is 5.41. The number of aryl methyl sites for hydroxylation is 1. The summed E-state index contributed by atoms with van der Waals surface area (Å²) in [7, 11) is -2.06. The predicted molar refractivity (Wildman–Crippen MR) is 110 cm³/mol. The molecule has 0 radical (unpaired) electrons. The second-order valence-corrected chi connectivity index (χ2v) is 8.24. The Labute approximate surface area is 166 Å². The van der Waals surface area contributed by atoms with Gasteiger partial charge in [-0.15, -0.1) is 0 Å². The van der Waals surface area contributed by atoms with E-state index >= 15 is 0 Å². The van der Waals surface area contributed by atoms with Gasteiger partial charge in [-0.25, -0.2) is 8.42 Å². The van der Waals surface area contributed by atoms with Gasteiger partial charge in [-0.05, 0) is 43.2 Å². The molecule has 0 unspecified atom stereocenters. The molecule has 0 bridgehead atoms. The minimum atomic E-state index is -3.61. The fraction of sp³-hybridized carbons (Fsp3) is 0.350. The van der Waals surface area contributed by atoms with Crippen LogP contribution in [0.5, 0.6) is 11.5 Å². The van der Waals surface area contributed by atoms with Crippen LogP contribution in [0.1, 0.15) is 11.1 Å². The molecule has 0 aliphatic heterocycles. The van der Waals surface area contributed by atoms with Crippen molar-refractivity contribution in [3.63, 3.8) is 0 Å². The van der Waals surface area contributed by atoms with Gasteiger partial charge in [-0.1, -0.05) is 24.3 Å². The van der Waals surface area contributed by atoms with Gasteiger partial charge in [0.05, 0.1) is 25.6 Å². The first-order valence-corrected chi connectivity index (χ1v) is 10.7. The molecule has 0 atom stereocenters. The van der Waals surface area contributed by atoms with Gasteiger partial charge < -0.3 is 14.8 Å².